The summed E-state index contributed by atoms with van der Waals surface area (Å²) in [4.78, 5) is 30.3. The lowest BCUT2D eigenvalue weighted by Crippen LogP contribution is -2.44. The molecule has 4 heterocycles. The molecule has 10 heteroatoms. The van der Waals surface area contributed by atoms with E-state index in [1.807, 2.05) is 13.8 Å². The minimum absolute atomic E-state index is 0.0812. The first-order valence-corrected chi connectivity index (χ1v) is 12.3. The second-order valence-corrected chi connectivity index (χ2v) is 10.5. The van der Waals surface area contributed by atoms with Gasteiger partial charge in [-0.2, -0.15) is 0 Å². The van der Waals surface area contributed by atoms with Gasteiger partial charge in [-0.25, -0.2) is 12.7 Å². The topological polar surface area (TPSA) is 100 Å². The highest BCUT2D eigenvalue weighted by molar-refractivity contribution is 7.88. The molecule has 0 aromatic carbocycles. The Labute approximate surface area is 177 Å². The standard InChI is InChI=1S/C20H29N3O6S/c1-13(2)17-18-15(23(20(17)25)30(3,26)27)4-6-22(18)19(24)14-5-9-29-16(14)12-21-7-10-28-11-8-21/h5,9,13,15,17-18H,4,6-8,10-12H2,1-3H3/t15-,17+,18-/m0/s1. The van der Waals surface area contributed by atoms with E-state index in [9.17, 15) is 18.0 Å². The summed E-state index contributed by atoms with van der Waals surface area (Å²) in [5, 5.41) is 0. The summed E-state index contributed by atoms with van der Waals surface area (Å²) < 4.78 is 36.6. The Kier molecular flexibility index (Phi) is 5.67. The summed E-state index contributed by atoms with van der Waals surface area (Å²) in [7, 11) is -3.69. The van der Waals surface area contributed by atoms with Crippen LogP contribution in [0, 0.1) is 11.8 Å². The van der Waals surface area contributed by atoms with Gasteiger partial charge in [-0.1, -0.05) is 13.8 Å². The monoisotopic (exact) mass is 439 g/mol. The summed E-state index contributed by atoms with van der Waals surface area (Å²) in [5.74, 6) is -0.627. The van der Waals surface area contributed by atoms with Crippen molar-refractivity contribution in [2.24, 2.45) is 11.8 Å². The van der Waals surface area contributed by atoms with Crippen LogP contribution in [-0.2, 0) is 26.1 Å². The molecule has 3 saturated heterocycles. The van der Waals surface area contributed by atoms with Gasteiger partial charge in [0.2, 0.25) is 15.9 Å². The van der Waals surface area contributed by atoms with E-state index >= 15 is 0 Å². The maximum atomic E-state index is 13.5. The second-order valence-electron chi connectivity index (χ2n) is 8.66. The molecule has 0 saturated carbocycles. The lowest BCUT2D eigenvalue weighted by Gasteiger charge is -2.30. The molecule has 3 fully saturated rings. The second kappa shape index (κ2) is 7.97. The normalized spacial score (nSPS) is 27.9. The highest BCUT2D eigenvalue weighted by atomic mass is 32.2. The van der Waals surface area contributed by atoms with Crippen LogP contribution in [0.1, 0.15) is 36.4 Å². The molecule has 0 aliphatic carbocycles. The Bertz CT molecular complexity index is 921. The number of furan rings is 1. The average molecular weight is 440 g/mol. The van der Waals surface area contributed by atoms with Crippen LogP contribution in [0.15, 0.2) is 16.7 Å². The van der Waals surface area contributed by atoms with Gasteiger partial charge >= 0.3 is 0 Å². The number of amides is 2. The minimum Gasteiger partial charge on any atom is -0.467 e. The molecule has 0 bridgehead atoms. The van der Waals surface area contributed by atoms with E-state index in [2.05, 4.69) is 4.90 Å². The largest absolute Gasteiger partial charge is 0.467 e. The van der Waals surface area contributed by atoms with E-state index in [-0.39, 0.29) is 11.8 Å². The maximum Gasteiger partial charge on any atom is 0.257 e. The fourth-order valence-corrected chi connectivity index (χ4v) is 6.21. The quantitative estimate of drug-likeness (QED) is 0.668. The number of likely N-dealkylation sites (tertiary alicyclic amines) is 1. The van der Waals surface area contributed by atoms with Crippen LogP contribution in [0.5, 0.6) is 0 Å². The number of carbonyl (C=O) groups excluding carboxylic acids is 2. The van der Waals surface area contributed by atoms with E-state index in [4.69, 9.17) is 9.15 Å². The SMILES string of the molecule is CC(C)[C@H]1C(=O)N(S(C)(=O)=O)[C@H]2CCN(C(=O)c3ccoc3CN3CCOCC3)[C@H]12. The number of carbonyl (C=O) groups is 2. The number of sulfonamides is 1. The van der Waals surface area contributed by atoms with Crippen molar-refractivity contribution in [3.63, 3.8) is 0 Å². The Balaban J connectivity index is 1.60. The number of hydrogen-bond donors (Lipinski definition) is 0. The molecule has 0 unspecified atom stereocenters. The van der Waals surface area contributed by atoms with Crippen molar-refractivity contribution >= 4 is 21.8 Å². The fourth-order valence-electron chi connectivity index (χ4n) is 5.04. The summed E-state index contributed by atoms with van der Waals surface area (Å²) in [6.45, 7) is 7.58. The zero-order valence-corrected chi connectivity index (χ0v) is 18.4. The van der Waals surface area contributed by atoms with Crippen molar-refractivity contribution in [1.29, 1.82) is 0 Å². The molecular formula is C20H29N3O6S. The Morgan fingerprint density at radius 3 is 2.57 bits per heavy atom. The zero-order valence-electron chi connectivity index (χ0n) is 17.6. The highest BCUT2D eigenvalue weighted by Crippen LogP contribution is 2.42. The third-order valence-electron chi connectivity index (χ3n) is 6.37. The van der Waals surface area contributed by atoms with E-state index in [1.165, 1.54) is 6.26 Å². The van der Waals surface area contributed by atoms with Crippen LogP contribution in [-0.4, -0.2) is 85.5 Å². The number of ether oxygens (including phenoxy) is 1. The zero-order chi connectivity index (χ0) is 21.6. The van der Waals surface area contributed by atoms with Crippen LogP contribution < -0.4 is 0 Å². The molecule has 9 nitrogen and oxygen atoms in total. The van der Waals surface area contributed by atoms with Gasteiger partial charge in [0.25, 0.3) is 5.91 Å². The van der Waals surface area contributed by atoms with Crippen molar-refractivity contribution in [1.82, 2.24) is 14.1 Å². The van der Waals surface area contributed by atoms with Gasteiger partial charge in [0.15, 0.2) is 0 Å². The number of hydrogen-bond acceptors (Lipinski definition) is 7. The number of fused-ring (bicyclic) bond motifs is 1. The van der Waals surface area contributed by atoms with Gasteiger partial charge in [0.05, 0.1) is 55.8 Å². The van der Waals surface area contributed by atoms with Crippen LogP contribution in [0.3, 0.4) is 0 Å². The van der Waals surface area contributed by atoms with Gasteiger partial charge in [-0.15, -0.1) is 0 Å². The molecule has 0 N–H and O–H groups in total. The van der Waals surface area contributed by atoms with E-state index in [1.54, 1.807) is 11.0 Å². The van der Waals surface area contributed by atoms with Crippen LogP contribution in [0.25, 0.3) is 0 Å². The maximum absolute atomic E-state index is 13.5. The van der Waals surface area contributed by atoms with E-state index < -0.39 is 33.9 Å². The molecule has 166 valence electrons. The Morgan fingerprint density at radius 1 is 1.23 bits per heavy atom. The lowest BCUT2D eigenvalue weighted by molar-refractivity contribution is -0.129. The van der Waals surface area contributed by atoms with E-state index in [0.29, 0.717) is 44.0 Å². The van der Waals surface area contributed by atoms with Gasteiger partial charge in [-0.3, -0.25) is 14.5 Å². The lowest BCUT2D eigenvalue weighted by atomic mass is 9.88. The first-order valence-electron chi connectivity index (χ1n) is 10.4. The van der Waals surface area contributed by atoms with Crippen molar-refractivity contribution in [3.8, 4) is 0 Å². The van der Waals surface area contributed by atoms with Crippen molar-refractivity contribution in [2.75, 3.05) is 39.1 Å². The van der Waals surface area contributed by atoms with E-state index in [0.717, 1.165) is 23.7 Å². The molecule has 4 rings (SSSR count). The first-order chi connectivity index (χ1) is 14.2. The Morgan fingerprint density at radius 2 is 1.93 bits per heavy atom. The van der Waals surface area contributed by atoms with Crippen LogP contribution >= 0.6 is 0 Å². The first kappa shape index (κ1) is 21.3. The molecule has 0 spiro atoms. The van der Waals surface area contributed by atoms with Crippen LogP contribution in [0.2, 0.25) is 0 Å². The van der Waals surface area contributed by atoms with Gasteiger partial charge in [-0.05, 0) is 18.4 Å². The molecule has 1 aromatic rings. The van der Waals surface area contributed by atoms with Gasteiger partial charge in [0.1, 0.15) is 5.76 Å². The summed E-state index contributed by atoms with van der Waals surface area (Å²) in [6.07, 6.45) is 3.03. The fraction of sp³-hybridized carbons (Fsp3) is 0.700. The molecule has 3 aliphatic heterocycles. The van der Waals surface area contributed by atoms with Crippen LogP contribution in [0.4, 0.5) is 0 Å². The molecular weight excluding hydrogens is 410 g/mol. The van der Waals surface area contributed by atoms with Crippen molar-refractivity contribution in [3.05, 3.63) is 23.7 Å². The number of nitrogens with zero attached hydrogens (tertiary/aromatic N) is 3. The smallest absolute Gasteiger partial charge is 0.257 e. The third-order valence-corrected chi connectivity index (χ3v) is 7.54. The summed E-state index contributed by atoms with van der Waals surface area (Å²) >= 11 is 0. The average Bonchev–Trinajstić information content (AvgIpc) is 3.35. The molecule has 3 atom stereocenters. The predicted molar refractivity (Wildman–Crippen MR) is 108 cm³/mol. The summed E-state index contributed by atoms with van der Waals surface area (Å²) in [6, 6.07) is 0.713. The number of rotatable bonds is 5. The van der Waals surface area contributed by atoms with Gasteiger partial charge < -0.3 is 14.1 Å². The van der Waals surface area contributed by atoms with Crippen molar-refractivity contribution < 1.29 is 27.2 Å². The molecule has 30 heavy (non-hydrogen) atoms. The van der Waals surface area contributed by atoms with Crippen molar-refractivity contribution in [2.45, 2.75) is 38.9 Å². The molecule has 2 amide bonds. The Hall–Kier alpha value is -1.91. The molecule has 0 radical (unpaired) electrons. The molecule has 3 aliphatic rings. The minimum atomic E-state index is -3.69. The highest BCUT2D eigenvalue weighted by Gasteiger charge is 2.58. The number of morpholine rings is 1. The molecule has 1 aromatic heterocycles. The third kappa shape index (κ3) is 3.65. The summed E-state index contributed by atoms with van der Waals surface area (Å²) in [5.41, 5.74) is 0.481. The van der Waals surface area contributed by atoms with Gasteiger partial charge in [0, 0.05) is 19.6 Å². The predicted octanol–water partition coefficient (Wildman–Crippen LogP) is 0.769.